The van der Waals surface area contributed by atoms with Crippen LogP contribution < -0.4 is 11.1 Å². The highest BCUT2D eigenvalue weighted by atomic mass is 32.1. The van der Waals surface area contributed by atoms with Crippen molar-refractivity contribution in [2.75, 3.05) is 7.11 Å². The van der Waals surface area contributed by atoms with Gasteiger partial charge in [-0.15, -0.1) is 11.3 Å². The number of hydrogen-bond donors (Lipinski definition) is 2. The minimum Gasteiger partial charge on any atom is -0.469 e. The van der Waals surface area contributed by atoms with Gasteiger partial charge in [0.1, 0.15) is 0 Å². The van der Waals surface area contributed by atoms with Crippen molar-refractivity contribution in [3.8, 4) is 0 Å². The molecule has 0 radical (unpaired) electrons. The molecule has 1 rings (SSSR count). The number of thiophene rings is 1. The standard InChI is InChI=1S/C13H20N2O3S/c1-4-13(2,14)12(17)15-9(8-11(16)18-3)10-6-5-7-19-10/h5-7,9H,4,8,14H2,1-3H3,(H,15,17). The first-order valence-corrected chi connectivity index (χ1v) is 6.98. The highest BCUT2D eigenvalue weighted by Gasteiger charge is 2.29. The van der Waals surface area contributed by atoms with Crippen molar-refractivity contribution in [1.29, 1.82) is 0 Å². The lowest BCUT2D eigenvalue weighted by molar-refractivity contribution is -0.141. The van der Waals surface area contributed by atoms with Gasteiger partial charge in [-0.25, -0.2) is 0 Å². The molecule has 0 aliphatic rings. The first-order chi connectivity index (χ1) is 8.90. The third-order valence-electron chi connectivity index (χ3n) is 3.04. The van der Waals surface area contributed by atoms with Crippen molar-refractivity contribution in [1.82, 2.24) is 5.32 Å². The van der Waals surface area contributed by atoms with Gasteiger partial charge in [-0.05, 0) is 24.8 Å². The Hall–Kier alpha value is -1.40. The van der Waals surface area contributed by atoms with Crippen LogP contribution in [-0.2, 0) is 14.3 Å². The first kappa shape index (κ1) is 15.7. The maximum Gasteiger partial charge on any atom is 0.307 e. The lowest BCUT2D eigenvalue weighted by Gasteiger charge is -2.25. The Morgan fingerprint density at radius 2 is 2.26 bits per heavy atom. The van der Waals surface area contributed by atoms with Crippen molar-refractivity contribution in [3.05, 3.63) is 22.4 Å². The Labute approximate surface area is 117 Å². The first-order valence-electron chi connectivity index (χ1n) is 6.10. The van der Waals surface area contributed by atoms with E-state index in [1.165, 1.54) is 18.4 Å². The average molecular weight is 284 g/mol. The number of ether oxygens (including phenoxy) is 1. The van der Waals surface area contributed by atoms with Crippen LogP contribution in [0.3, 0.4) is 0 Å². The zero-order chi connectivity index (χ0) is 14.5. The molecule has 2 atom stereocenters. The summed E-state index contributed by atoms with van der Waals surface area (Å²) in [4.78, 5) is 24.4. The molecule has 2 unspecified atom stereocenters. The highest BCUT2D eigenvalue weighted by Crippen LogP contribution is 2.23. The maximum absolute atomic E-state index is 12.1. The van der Waals surface area contributed by atoms with Gasteiger partial charge in [0.25, 0.3) is 0 Å². The molecule has 106 valence electrons. The molecule has 0 fully saturated rings. The number of hydrogen-bond acceptors (Lipinski definition) is 5. The molecule has 0 saturated carbocycles. The van der Waals surface area contributed by atoms with E-state index in [-0.39, 0.29) is 18.3 Å². The van der Waals surface area contributed by atoms with Crippen LogP contribution in [-0.4, -0.2) is 24.5 Å². The molecule has 0 bridgehead atoms. The second-order valence-corrected chi connectivity index (χ2v) is 5.57. The lowest BCUT2D eigenvalue weighted by Crippen LogP contribution is -2.52. The Bertz CT molecular complexity index is 429. The molecule has 0 spiro atoms. The summed E-state index contributed by atoms with van der Waals surface area (Å²) < 4.78 is 4.66. The van der Waals surface area contributed by atoms with Gasteiger partial charge in [0, 0.05) is 4.88 Å². The number of rotatable bonds is 6. The van der Waals surface area contributed by atoms with E-state index in [4.69, 9.17) is 5.73 Å². The largest absolute Gasteiger partial charge is 0.469 e. The van der Waals surface area contributed by atoms with Crippen molar-refractivity contribution in [2.45, 2.75) is 38.3 Å². The molecular formula is C13H20N2O3S. The summed E-state index contributed by atoms with van der Waals surface area (Å²) in [6, 6.07) is 3.35. The third kappa shape index (κ3) is 4.33. The normalized spacial score (nSPS) is 15.4. The van der Waals surface area contributed by atoms with E-state index in [1.807, 2.05) is 24.4 Å². The summed E-state index contributed by atoms with van der Waals surface area (Å²) in [6.07, 6.45) is 0.622. The van der Waals surface area contributed by atoms with Gasteiger partial charge in [-0.2, -0.15) is 0 Å². The smallest absolute Gasteiger partial charge is 0.307 e. The fraction of sp³-hybridized carbons (Fsp3) is 0.538. The summed E-state index contributed by atoms with van der Waals surface area (Å²) in [5, 5.41) is 4.72. The van der Waals surface area contributed by atoms with Crippen molar-refractivity contribution in [2.24, 2.45) is 5.73 Å². The molecule has 1 amide bonds. The zero-order valence-electron chi connectivity index (χ0n) is 11.4. The minimum absolute atomic E-state index is 0.0997. The van der Waals surface area contributed by atoms with Crippen LogP contribution in [0.25, 0.3) is 0 Å². The number of carbonyl (C=O) groups excluding carboxylic acids is 2. The van der Waals surface area contributed by atoms with E-state index >= 15 is 0 Å². The van der Waals surface area contributed by atoms with Crippen LogP contribution in [0, 0.1) is 0 Å². The topological polar surface area (TPSA) is 81.4 Å². The van der Waals surface area contributed by atoms with E-state index in [0.717, 1.165) is 4.88 Å². The zero-order valence-corrected chi connectivity index (χ0v) is 12.3. The predicted octanol–water partition coefficient (Wildman–Crippen LogP) is 1.60. The quantitative estimate of drug-likeness (QED) is 0.777. The van der Waals surface area contributed by atoms with Crippen LogP contribution >= 0.6 is 11.3 Å². The van der Waals surface area contributed by atoms with E-state index in [0.29, 0.717) is 6.42 Å². The Kier molecular flexibility index (Phi) is 5.50. The summed E-state index contributed by atoms with van der Waals surface area (Å²) >= 11 is 1.48. The summed E-state index contributed by atoms with van der Waals surface area (Å²) in [5.41, 5.74) is 4.96. The molecule has 1 aromatic heterocycles. The maximum atomic E-state index is 12.1. The van der Waals surface area contributed by atoms with E-state index < -0.39 is 11.6 Å². The van der Waals surface area contributed by atoms with Crippen molar-refractivity contribution in [3.63, 3.8) is 0 Å². The van der Waals surface area contributed by atoms with Gasteiger partial charge in [0.15, 0.2) is 0 Å². The van der Waals surface area contributed by atoms with E-state index in [9.17, 15) is 9.59 Å². The number of esters is 1. The molecule has 0 aliphatic carbocycles. The average Bonchev–Trinajstić information content (AvgIpc) is 2.91. The number of methoxy groups -OCH3 is 1. The Morgan fingerprint density at radius 3 is 2.74 bits per heavy atom. The molecule has 6 heteroatoms. The molecule has 0 aromatic carbocycles. The van der Waals surface area contributed by atoms with Gasteiger partial charge < -0.3 is 15.8 Å². The fourth-order valence-corrected chi connectivity index (χ4v) is 2.22. The van der Waals surface area contributed by atoms with Crippen LogP contribution in [0.4, 0.5) is 0 Å². The SMILES string of the molecule is CCC(C)(N)C(=O)NC(CC(=O)OC)c1cccs1. The van der Waals surface area contributed by atoms with Crippen LogP contribution in [0.2, 0.25) is 0 Å². The van der Waals surface area contributed by atoms with Crippen LogP contribution in [0.5, 0.6) is 0 Å². The molecule has 0 saturated heterocycles. The predicted molar refractivity (Wildman–Crippen MR) is 74.7 cm³/mol. The minimum atomic E-state index is -0.939. The second-order valence-electron chi connectivity index (χ2n) is 4.59. The lowest BCUT2D eigenvalue weighted by atomic mass is 9.98. The van der Waals surface area contributed by atoms with E-state index in [2.05, 4.69) is 10.1 Å². The monoisotopic (exact) mass is 284 g/mol. The van der Waals surface area contributed by atoms with Crippen molar-refractivity contribution >= 4 is 23.2 Å². The summed E-state index contributed by atoms with van der Waals surface area (Å²) in [6.45, 7) is 3.52. The summed E-state index contributed by atoms with van der Waals surface area (Å²) in [7, 11) is 1.33. The second kappa shape index (κ2) is 6.68. The van der Waals surface area contributed by atoms with Gasteiger partial charge in [0.2, 0.25) is 5.91 Å². The molecule has 3 N–H and O–H groups in total. The Morgan fingerprint density at radius 1 is 1.58 bits per heavy atom. The number of carbonyl (C=O) groups is 2. The fourth-order valence-electron chi connectivity index (χ4n) is 1.45. The number of nitrogens with one attached hydrogen (secondary N) is 1. The number of amides is 1. The van der Waals surface area contributed by atoms with E-state index in [1.54, 1.807) is 6.92 Å². The highest BCUT2D eigenvalue weighted by molar-refractivity contribution is 7.10. The van der Waals surface area contributed by atoms with Gasteiger partial charge in [0.05, 0.1) is 25.1 Å². The molecular weight excluding hydrogens is 264 g/mol. The molecule has 1 aromatic rings. The van der Waals surface area contributed by atoms with Gasteiger partial charge in [-0.3, -0.25) is 9.59 Å². The van der Waals surface area contributed by atoms with Crippen LogP contribution in [0.1, 0.15) is 37.6 Å². The third-order valence-corrected chi connectivity index (χ3v) is 4.03. The molecule has 19 heavy (non-hydrogen) atoms. The summed E-state index contributed by atoms with van der Waals surface area (Å²) in [5.74, 6) is -0.633. The molecule has 0 aliphatic heterocycles. The van der Waals surface area contributed by atoms with Gasteiger partial charge in [-0.1, -0.05) is 13.0 Å². The van der Waals surface area contributed by atoms with Gasteiger partial charge >= 0.3 is 5.97 Å². The Balaban J connectivity index is 2.81. The number of nitrogens with two attached hydrogens (primary N) is 1. The molecule has 5 nitrogen and oxygen atoms in total. The van der Waals surface area contributed by atoms with Crippen molar-refractivity contribution < 1.29 is 14.3 Å². The van der Waals surface area contributed by atoms with Crippen LogP contribution in [0.15, 0.2) is 17.5 Å². The molecule has 1 heterocycles.